The standard InChI is InChI=1S/C15H15NO/c16-15-9-5-4-8-13(15)11-14(17)10-12-6-2-1-3-7-12/h1-9H,10-11,16H2. The number of rotatable bonds is 4. The SMILES string of the molecule is Nc1ccccc1CC(=O)Cc1ccccc1. The maximum atomic E-state index is 11.9. The molecule has 2 heteroatoms. The minimum atomic E-state index is 0.189. The van der Waals surface area contributed by atoms with Crippen LogP contribution in [0.3, 0.4) is 0 Å². The van der Waals surface area contributed by atoms with Gasteiger partial charge in [0.15, 0.2) is 0 Å². The molecule has 0 aliphatic rings. The Morgan fingerprint density at radius 3 is 2.24 bits per heavy atom. The molecule has 0 atom stereocenters. The first-order valence-electron chi connectivity index (χ1n) is 5.65. The van der Waals surface area contributed by atoms with Crippen molar-refractivity contribution in [2.45, 2.75) is 12.8 Å². The molecule has 0 fully saturated rings. The summed E-state index contributed by atoms with van der Waals surface area (Å²) >= 11 is 0. The van der Waals surface area contributed by atoms with Crippen LogP contribution in [-0.2, 0) is 17.6 Å². The number of hydrogen-bond acceptors (Lipinski definition) is 2. The highest BCUT2D eigenvalue weighted by atomic mass is 16.1. The van der Waals surface area contributed by atoms with E-state index in [-0.39, 0.29) is 5.78 Å². The second kappa shape index (κ2) is 5.30. The second-order valence-electron chi connectivity index (χ2n) is 4.08. The molecule has 0 aliphatic carbocycles. The summed E-state index contributed by atoms with van der Waals surface area (Å²) in [6.07, 6.45) is 0.872. The highest BCUT2D eigenvalue weighted by molar-refractivity contribution is 5.84. The van der Waals surface area contributed by atoms with Crippen LogP contribution >= 0.6 is 0 Å². The molecule has 17 heavy (non-hydrogen) atoms. The molecule has 0 unspecified atom stereocenters. The van der Waals surface area contributed by atoms with E-state index in [1.807, 2.05) is 54.6 Å². The first-order chi connectivity index (χ1) is 8.25. The van der Waals surface area contributed by atoms with Gasteiger partial charge in [-0.25, -0.2) is 0 Å². The fraction of sp³-hybridized carbons (Fsp3) is 0.133. The Labute approximate surface area is 101 Å². The van der Waals surface area contributed by atoms with Crippen molar-refractivity contribution < 1.29 is 4.79 Å². The van der Waals surface area contributed by atoms with Gasteiger partial charge in [0.1, 0.15) is 5.78 Å². The predicted octanol–water partition coefficient (Wildman–Crippen LogP) is 2.62. The number of benzene rings is 2. The van der Waals surface area contributed by atoms with Crippen molar-refractivity contribution >= 4 is 11.5 Å². The van der Waals surface area contributed by atoms with Crippen molar-refractivity contribution in [1.29, 1.82) is 0 Å². The van der Waals surface area contributed by atoms with Crippen LogP contribution in [0.15, 0.2) is 54.6 Å². The van der Waals surface area contributed by atoms with Gasteiger partial charge in [-0.2, -0.15) is 0 Å². The fourth-order valence-corrected chi connectivity index (χ4v) is 1.79. The van der Waals surface area contributed by atoms with E-state index in [1.54, 1.807) is 0 Å². The summed E-state index contributed by atoms with van der Waals surface area (Å²) in [5.41, 5.74) is 8.46. The highest BCUT2D eigenvalue weighted by Gasteiger charge is 2.06. The molecule has 0 bridgehead atoms. The zero-order valence-corrected chi connectivity index (χ0v) is 9.60. The van der Waals surface area contributed by atoms with Crippen LogP contribution in [-0.4, -0.2) is 5.78 Å². The van der Waals surface area contributed by atoms with Crippen molar-refractivity contribution in [1.82, 2.24) is 0 Å². The number of ketones is 1. The number of nitrogen functional groups attached to an aromatic ring is 1. The van der Waals surface area contributed by atoms with Crippen LogP contribution in [0.25, 0.3) is 0 Å². The first-order valence-corrected chi connectivity index (χ1v) is 5.65. The van der Waals surface area contributed by atoms with Gasteiger partial charge in [0.25, 0.3) is 0 Å². The van der Waals surface area contributed by atoms with Gasteiger partial charge in [-0.1, -0.05) is 48.5 Å². The summed E-state index contributed by atoms with van der Waals surface area (Å²) in [4.78, 5) is 11.9. The quantitative estimate of drug-likeness (QED) is 0.813. The van der Waals surface area contributed by atoms with Gasteiger partial charge in [0, 0.05) is 18.5 Å². The molecule has 0 aromatic heterocycles. The monoisotopic (exact) mass is 225 g/mol. The van der Waals surface area contributed by atoms with Gasteiger partial charge in [-0.3, -0.25) is 4.79 Å². The number of carbonyl (C=O) groups is 1. The Balaban J connectivity index is 2.01. The molecule has 2 aromatic carbocycles. The molecule has 2 nitrogen and oxygen atoms in total. The van der Waals surface area contributed by atoms with Crippen molar-refractivity contribution in [3.05, 3.63) is 65.7 Å². The minimum absolute atomic E-state index is 0.189. The van der Waals surface area contributed by atoms with Gasteiger partial charge in [-0.15, -0.1) is 0 Å². The molecule has 0 heterocycles. The largest absolute Gasteiger partial charge is 0.398 e. The number of Topliss-reactive ketones (excluding diaryl/α,β-unsaturated/α-hetero) is 1. The van der Waals surface area contributed by atoms with E-state index in [4.69, 9.17) is 5.73 Å². The lowest BCUT2D eigenvalue weighted by Crippen LogP contribution is -2.08. The average Bonchev–Trinajstić information content (AvgIpc) is 2.33. The lowest BCUT2D eigenvalue weighted by Gasteiger charge is -2.04. The van der Waals surface area contributed by atoms with Crippen molar-refractivity contribution in [3.8, 4) is 0 Å². The van der Waals surface area contributed by atoms with E-state index in [0.717, 1.165) is 11.1 Å². The molecule has 0 saturated carbocycles. The van der Waals surface area contributed by atoms with Gasteiger partial charge in [0.05, 0.1) is 0 Å². The van der Waals surface area contributed by atoms with Crippen LogP contribution in [0, 0.1) is 0 Å². The molecule has 2 rings (SSSR count). The Hall–Kier alpha value is -2.09. The topological polar surface area (TPSA) is 43.1 Å². The molecule has 86 valence electrons. The third-order valence-electron chi connectivity index (χ3n) is 2.69. The first kappa shape index (κ1) is 11.4. The maximum Gasteiger partial charge on any atom is 0.141 e. The highest BCUT2D eigenvalue weighted by Crippen LogP contribution is 2.12. The molecular formula is C15H15NO. The molecule has 2 aromatic rings. The summed E-state index contributed by atoms with van der Waals surface area (Å²) < 4.78 is 0. The molecule has 0 spiro atoms. The lowest BCUT2D eigenvalue weighted by atomic mass is 10.0. The summed E-state index contributed by atoms with van der Waals surface area (Å²) in [7, 11) is 0. The van der Waals surface area contributed by atoms with Gasteiger partial charge >= 0.3 is 0 Å². The second-order valence-corrected chi connectivity index (χ2v) is 4.08. The molecule has 0 amide bonds. The summed E-state index contributed by atoms with van der Waals surface area (Å²) in [5.74, 6) is 0.189. The van der Waals surface area contributed by atoms with Crippen LogP contribution in [0.2, 0.25) is 0 Å². The number of anilines is 1. The van der Waals surface area contributed by atoms with E-state index in [1.165, 1.54) is 0 Å². The van der Waals surface area contributed by atoms with Crippen LogP contribution < -0.4 is 5.73 Å². The van der Waals surface area contributed by atoms with Crippen LogP contribution in [0.4, 0.5) is 5.69 Å². The number of para-hydroxylation sites is 1. The normalized spacial score (nSPS) is 10.1. The van der Waals surface area contributed by atoms with Gasteiger partial charge in [0.2, 0.25) is 0 Å². The molecule has 0 saturated heterocycles. The van der Waals surface area contributed by atoms with Crippen molar-refractivity contribution in [3.63, 3.8) is 0 Å². The minimum Gasteiger partial charge on any atom is -0.398 e. The third-order valence-corrected chi connectivity index (χ3v) is 2.69. The van der Waals surface area contributed by atoms with Crippen LogP contribution in [0.1, 0.15) is 11.1 Å². The lowest BCUT2D eigenvalue weighted by molar-refractivity contribution is -0.117. The third kappa shape index (κ3) is 3.18. The average molecular weight is 225 g/mol. The van der Waals surface area contributed by atoms with Gasteiger partial charge in [-0.05, 0) is 17.2 Å². The molecule has 2 N–H and O–H groups in total. The van der Waals surface area contributed by atoms with E-state index in [2.05, 4.69) is 0 Å². The Morgan fingerprint density at radius 1 is 0.882 bits per heavy atom. The van der Waals surface area contributed by atoms with E-state index < -0.39 is 0 Å². The van der Waals surface area contributed by atoms with Crippen molar-refractivity contribution in [2.24, 2.45) is 0 Å². The van der Waals surface area contributed by atoms with E-state index in [0.29, 0.717) is 18.5 Å². The zero-order chi connectivity index (χ0) is 12.1. The van der Waals surface area contributed by atoms with Gasteiger partial charge < -0.3 is 5.73 Å². The number of hydrogen-bond donors (Lipinski definition) is 1. The van der Waals surface area contributed by atoms with E-state index in [9.17, 15) is 4.79 Å². The number of nitrogens with two attached hydrogens (primary N) is 1. The zero-order valence-electron chi connectivity index (χ0n) is 9.60. The Kier molecular flexibility index (Phi) is 3.55. The summed E-state index contributed by atoms with van der Waals surface area (Å²) in [6, 6.07) is 17.3. The maximum absolute atomic E-state index is 11.9. The predicted molar refractivity (Wildman–Crippen MR) is 69.7 cm³/mol. The number of carbonyl (C=O) groups excluding carboxylic acids is 1. The smallest absolute Gasteiger partial charge is 0.141 e. The Morgan fingerprint density at radius 2 is 1.53 bits per heavy atom. The Bertz CT molecular complexity index is 505. The van der Waals surface area contributed by atoms with E-state index >= 15 is 0 Å². The molecular weight excluding hydrogens is 210 g/mol. The fourth-order valence-electron chi connectivity index (χ4n) is 1.79. The molecule has 0 radical (unpaired) electrons. The van der Waals surface area contributed by atoms with Crippen LogP contribution in [0.5, 0.6) is 0 Å². The summed E-state index contributed by atoms with van der Waals surface area (Å²) in [6.45, 7) is 0. The molecule has 0 aliphatic heterocycles. The van der Waals surface area contributed by atoms with Crippen molar-refractivity contribution in [2.75, 3.05) is 5.73 Å². The summed E-state index contributed by atoms with van der Waals surface area (Å²) in [5, 5.41) is 0.